The number of carbonyl (C=O) groups excluding carboxylic acids is 1. The Morgan fingerprint density at radius 2 is 1.96 bits per heavy atom. The van der Waals surface area contributed by atoms with Crippen molar-refractivity contribution < 1.29 is 4.79 Å². The van der Waals surface area contributed by atoms with Gasteiger partial charge >= 0.3 is 0 Å². The summed E-state index contributed by atoms with van der Waals surface area (Å²) in [5.41, 5.74) is 3.40. The molecule has 2 aromatic rings. The molecule has 0 aliphatic carbocycles. The van der Waals surface area contributed by atoms with Gasteiger partial charge in [-0.3, -0.25) is 19.1 Å². The molecule has 0 saturated carbocycles. The molecule has 1 fully saturated rings. The molecule has 0 radical (unpaired) electrons. The van der Waals surface area contributed by atoms with E-state index in [1.54, 1.807) is 10.9 Å². The molecule has 1 aliphatic rings. The summed E-state index contributed by atoms with van der Waals surface area (Å²) < 4.78 is 3.79. The predicted molar refractivity (Wildman–Crippen MR) is 96.2 cm³/mol. The molecule has 1 saturated heterocycles. The Kier molecular flexibility index (Phi) is 5.22. The number of piperazine rings is 1. The van der Waals surface area contributed by atoms with Gasteiger partial charge in [-0.25, -0.2) is 0 Å². The fourth-order valence-corrected chi connectivity index (χ4v) is 3.40. The van der Waals surface area contributed by atoms with Crippen molar-refractivity contribution >= 4 is 5.91 Å². The van der Waals surface area contributed by atoms with Crippen LogP contribution in [0.5, 0.6) is 0 Å². The fraction of sp³-hybridized carbons (Fsp3) is 0.611. The molecule has 136 valence electrons. The normalized spacial score (nSPS) is 17.0. The van der Waals surface area contributed by atoms with Crippen molar-refractivity contribution in [2.75, 3.05) is 26.2 Å². The van der Waals surface area contributed by atoms with Gasteiger partial charge in [0.2, 0.25) is 5.91 Å². The Morgan fingerprint density at radius 3 is 2.52 bits per heavy atom. The van der Waals surface area contributed by atoms with E-state index in [0.717, 1.165) is 50.7 Å². The Hall–Kier alpha value is -2.15. The van der Waals surface area contributed by atoms with Gasteiger partial charge in [0.15, 0.2) is 0 Å². The fourth-order valence-electron chi connectivity index (χ4n) is 3.40. The maximum absolute atomic E-state index is 12.7. The molecular formula is C18H28N6O. The summed E-state index contributed by atoms with van der Waals surface area (Å²) in [4.78, 5) is 17.1. The number of nitrogens with zero attached hydrogens (tertiary/aromatic N) is 6. The zero-order chi connectivity index (χ0) is 18.0. The molecule has 1 atom stereocenters. The van der Waals surface area contributed by atoms with E-state index < -0.39 is 0 Å². The number of amides is 1. The molecule has 0 bridgehead atoms. The van der Waals surface area contributed by atoms with E-state index >= 15 is 0 Å². The van der Waals surface area contributed by atoms with E-state index in [1.807, 2.05) is 29.5 Å². The highest BCUT2D eigenvalue weighted by Gasteiger charge is 2.27. The largest absolute Gasteiger partial charge is 0.338 e. The van der Waals surface area contributed by atoms with Crippen LogP contribution in [0.15, 0.2) is 18.5 Å². The van der Waals surface area contributed by atoms with Crippen molar-refractivity contribution in [2.24, 2.45) is 0 Å². The number of aromatic nitrogens is 4. The van der Waals surface area contributed by atoms with Gasteiger partial charge in [-0.05, 0) is 33.8 Å². The summed E-state index contributed by atoms with van der Waals surface area (Å²) in [5.74, 6) is 0.154. The summed E-state index contributed by atoms with van der Waals surface area (Å²) in [6, 6.07) is 1.69. The molecule has 2 aromatic heterocycles. The first-order chi connectivity index (χ1) is 12.0. The standard InChI is InChI=1S/C18H28N6O/c1-5-23-13-17(15(3)20-23)12-21-8-10-22(11-9-21)18(25)16(4)24-14(2)6-7-19-24/h6-7,13,16H,5,8-12H2,1-4H3. The first-order valence-corrected chi connectivity index (χ1v) is 9.03. The van der Waals surface area contributed by atoms with Crippen LogP contribution in [-0.4, -0.2) is 61.4 Å². The van der Waals surface area contributed by atoms with Crippen molar-refractivity contribution in [1.82, 2.24) is 29.4 Å². The molecule has 7 nitrogen and oxygen atoms in total. The summed E-state index contributed by atoms with van der Waals surface area (Å²) in [7, 11) is 0. The Morgan fingerprint density at radius 1 is 1.24 bits per heavy atom. The quantitative estimate of drug-likeness (QED) is 0.827. The second kappa shape index (κ2) is 7.39. The first-order valence-electron chi connectivity index (χ1n) is 9.03. The minimum atomic E-state index is -0.244. The lowest BCUT2D eigenvalue weighted by Crippen LogP contribution is -2.50. The molecule has 1 aliphatic heterocycles. The molecule has 0 aromatic carbocycles. The second-order valence-corrected chi connectivity index (χ2v) is 6.79. The van der Waals surface area contributed by atoms with Gasteiger partial charge in [-0.15, -0.1) is 0 Å². The van der Waals surface area contributed by atoms with Gasteiger partial charge in [0.25, 0.3) is 0 Å². The number of carbonyl (C=O) groups is 1. The van der Waals surface area contributed by atoms with Crippen molar-refractivity contribution in [1.29, 1.82) is 0 Å². The number of hydrogen-bond donors (Lipinski definition) is 0. The summed E-state index contributed by atoms with van der Waals surface area (Å²) >= 11 is 0. The molecule has 3 heterocycles. The third kappa shape index (κ3) is 3.76. The highest BCUT2D eigenvalue weighted by Crippen LogP contribution is 2.16. The molecule has 0 N–H and O–H groups in total. The van der Waals surface area contributed by atoms with Crippen LogP contribution in [0, 0.1) is 13.8 Å². The van der Waals surface area contributed by atoms with Gasteiger partial charge in [0, 0.05) is 62.9 Å². The van der Waals surface area contributed by atoms with Gasteiger partial charge in [0.1, 0.15) is 6.04 Å². The van der Waals surface area contributed by atoms with Crippen LogP contribution < -0.4 is 0 Å². The van der Waals surface area contributed by atoms with Crippen molar-refractivity contribution in [3.63, 3.8) is 0 Å². The SMILES string of the molecule is CCn1cc(CN2CCN(C(=O)C(C)n3nccc3C)CC2)c(C)n1. The van der Waals surface area contributed by atoms with Crippen LogP contribution in [0.3, 0.4) is 0 Å². The lowest BCUT2D eigenvalue weighted by molar-refractivity contribution is -0.136. The smallest absolute Gasteiger partial charge is 0.247 e. The number of rotatable bonds is 5. The molecule has 0 spiro atoms. The molecule has 1 unspecified atom stereocenters. The summed E-state index contributed by atoms with van der Waals surface area (Å²) in [6.45, 7) is 13.2. The molecule has 1 amide bonds. The van der Waals surface area contributed by atoms with Gasteiger partial charge < -0.3 is 4.90 Å². The van der Waals surface area contributed by atoms with E-state index in [9.17, 15) is 4.79 Å². The maximum Gasteiger partial charge on any atom is 0.247 e. The van der Waals surface area contributed by atoms with Crippen LogP contribution in [0.1, 0.15) is 36.8 Å². The Labute approximate surface area is 149 Å². The number of hydrogen-bond acceptors (Lipinski definition) is 4. The zero-order valence-electron chi connectivity index (χ0n) is 15.6. The van der Waals surface area contributed by atoms with Gasteiger partial charge in [-0.1, -0.05) is 0 Å². The molecule has 3 rings (SSSR count). The summed E-state index contributed by atoms with van der Waals surface area (Å²) in [6.07, 6.45) is 3.88. The van der Waals surface area contributed by atoms with Crippen molar-refractivity contribution in [3.8, 4) is 0 Å². The van der Waals surface area contributed by atoms with Gasteiger partial charge in [0.05, 0.1) is 5.69 Å². The molecular weight excluding hydrogens is 316 g/mol. The van der Waals surface area contributed by atoms with Crippen LogP contribution in [0.2, 0.25) is 0 Å². The predicted octanol–water partition coefficient (Wildman–Crippen LogP) is 1.62. The lowest BCUT2D eigenvalue weighted by atomic mass is 10.2. The van der Waals surface area contributed by atoms with Crippen LogP contribution >= 0.6 is 0 Å². The minimum Gasteiger partial charge on any atom is -0.338 e. The monoisotopic (exact) mass is 344 g/mol. The highest BCUT2D eigenvalue weighted by molar-refractivity contribution is 5.80. The Balaban J connectivity index is 1.55. The van der Waals surface area contributed by atoms with E-state index in [2.05, 4.69) is 35.1 Å². The van der Waals surface area contributed by atoms with E-state index in [1.165, 1.54) is 5.56 Å². The average molecular weight is 344 g/mol. The van der Waals surface area contributed by atoms with E-state index in [4.69, 9.17) is 0 Å². The lowest BCUT2D eigenvalue weighted by Gasteiger charge is -2.36. The number of aryl methyl sites for hydroxylation is 3. The van der Waals surface area contributed by atoms with E-state index in [-0.39, 0.29) is 11.9 Å². The van der Waals surface area contributed by atoms with Crippen LogP contribution in [0.25, 0.3) is 0 Å². The average Bonchev–Trinajstić information content (AvgIpc) is 3.20. The maximum atomic E-state index is 12.7. The Bertz CT molecular complexity index is 726. The third-order valence-corrected chi connectivity index (χ3v) is 5.04. The van der Waals surface area contributed by atoms with E-state index in [0.29, 0.717) is 0 Å². The molecule has 25 heavy (non-hydrogen) atoms. The van der Waals surface area contributed by atoms with Crippen molar-refractivity contribution in [3.05, 3.63) is 35.4 Å². The topological polar surface area (TPSA) is 59.2 Å². The second-order valence-electron chi connectivity index (χ2n) is 6.79. The first kappa shape index (κ1) is 17.7. The van der Waals surface area contributed by atoms with Crippen LogP contribution in [0.4, 0.5) is 0 Å². The highest BCUT2D eigenvalue weighted by atomic mass is 16.2. The third-order valence-electron chi connectivity index (χ3n) is 5.04. The van der Waals surface area contributed by atoms with Gasteiger partial charge in [-0.2, -0.15) is 10.2 Å². The minimum absolute atomic E-state index is 0.154. The van der Waals surface area contributed by atoms with Crippen molar-refractivity contribution in [2.45, 2.75) is 46.8 Å². The summed E-state index contributed by atoms with van der Waals surface area (Å²) in [5, 5.41) is 8.79. The zero-order valence-corrected chi connectivity index (χ0v) is 15.6. The van der Waals surface area contributed by atoms with Crippen LogP contribution in [-0.2, 0) is 17.9 Å². The molecule has 7 heteroatoms.